The second kappa shape index (κ2) is 6.27. The SMILES string of the molecule is CC1CC(C)(C)CCC1N(CC(=O)O)c1cccc(Cl)c1. The zero-order chi connectivity index (χ0) is 15.6. The summed E-state index contributed by atoms with van der Waals surface area (Å²) < 4.78 is 0. The molecule has 1 aliphatic rings. The van der Waals surface area contributed by atoms with E-state index in [9.17, 15) is 9.90 Å². The first-order valence-corrected chi connectivity index (χ1v) is 7.90. The van der Waals surface area contributed by atoms with Gasteiger partial charge in [-0.3, -0.25) is 4.79 Å². The first kappa shape index (κ1) is 16.2. The Labute approximate surface area is 131 Å². The second-order valence-corrected chi connectivity index (χ2v) is 7.39. The van der Waals surface area contributed by atoms with Crippen molar-refractivity contribution in [3.63, 3.8) is 0 Å². The van der Waals surface area contributed by atoms with Crippen molar-refractivity contribution in [2.45, 2.75) is 46.1 Å². The van der Waals surface area contributed by atoms with Gasteiger partial charge in [-0.15, -0.1) is 0 Å². The van der Waals surface area contributed by atoms with Gasteiger partial charge in [0.1, 0.15) is 6.54 Å². The topological polar surface area (TPSA) is 40.5 Å². The number of carboxylic acid groups (broad SMARTS) is 1. The van der Waals surface area contributed by atoms with Gasteiger partial charge in [-0.25, -0.2) is 0 Å². The highest BCUT2D eigenvalue weighted by atomic mass is 35.5. The van der Waals surface area contributed by atoms with Gasteiger partial charge in [-0.05, 0) is 48.8 Å². The standard InChI is InChI=1S/C17H24ClNO2/c1-12-10-17(2,3)8-7-15(12)19(11-16(20)21)14-6-4-5-13(18)9-14/h4-6,9,12,15H,7-8,10-11H2,1-3H3,(H,20,21). The third-order valence-electron chi connectivity index (χ3n) is 4.49. The Hall–Kier alpha value is -1.22. The molecular weight excluding hydrogens is 286 g/mol. The Morgan fingerprint density at radius 2 is 2.19 bits per heavy atom. The first-order valence-electron chi connectivity index (χ1n) is 7.52. The second-order valence-electron chi connectivity index (χ2n) is 6.95. The van der Waals surface area contributed by atoms with E-state index in [0.717, 1.165) is 24.9 Å². The van der Waals surface area contributed by atoms with Gasteiger partial charge in [0.2, 0.25) is 0 Å². The van der Waals surface area contributed by atoms with Crippen LogP contribution in [0.25, 0.3) is 0 Å². The van der Waals surface area contributed by atoms with E-state index in [1.807, 2.05) is 29.2 Å². The first-order chi connectivity index (χ1) is 9.78. The van der Waals surface area contributed by atoms with E-state index >= 15 is 0 Å². The van der Waals surface area contributed by atoms with Crippen LogP contribution in [0.5, 0.6) is 0 Å². The molecule has 0 spiro atoms. The van der Waals surface area contributed by atoms with Crippen LogP contribution < -0.4 is 4.90 Å². The zero-order valence-electron chi connectivity index (χ0n) is 13.0. The smallest absolute Gasteiger partial charge is 0.323 e. The third kappa shape index (κ3) is 4.13. The number of nitrogens with zero attached hydrogens (tertiary/aromatic N) is 1. The van der Waals surface area contributed by atoms with Crippen molar-refractivity contribution in [2.75, 3.05) is 11.4 Å². The molecule has 4 heteroatoms. The number of aliphatic carboxylic acids is 1. The Morgan fingerprint density at radius 3 is 2.76 bits per heavy atom. The predicted octanol–water partition coefficient (Wildman–Crippen LogP) is 4.45. The zero-order valence-corrected chi connectivity index (χ0v) is 13.7. The summed E-state index contributed by atoms with van der Waals surface area (Å²) in [6.07, 6.45) is 3.26. The van der Waals surface area contributed by atoms with Crippen LogP contribution in [0.15, 0.2) is 24.3 Å². The maximum atomic E-state index is 11.3. The lowest BCUT2D eigenvalue weighted by atomic mass is 9.70. The summed E-state index contributed by atoms with van der Waals surface area (Å²) >= 11 is 6.07. The molecule has 1 saturated carbocycles. The minimum absolute atomic E-state index is 0.0236. The summed E-state index contributed by atoms with van der Waals surface area (Å²) in [6.45, 7) is 6.84. The fourth-order valence-corrected chi connectivity index (χ4v) is 3.78. The van der Waals surface area contributed by atoms with Crippen molar-refractivity contribution >= 4 is 23.3 Å². The fourth-order valence-electron chi connectivity index (χ4n) is 3.60. The molecule has 3 nitrogen and oxygen atoms in total. The van der Waals surface area contributed by atoms with Crippen molar-refractivity contribution in [1.82, 2.24) is 0 Å². The van der Waals surface area contributed by atoms with Crippen LogP contribution in [0.1, 0.15) is 40.0 Å². The molecule has 0 amide bonds. The molecule has 0 aromatic heterocycles. The van der Waals surface area contributed by atoms with Gasteiger partial charge in [0.25, 0.3) is 0 Å². The summed E-state index contributed by atoms with van der Waals surface area (Å²) in [5.41, 5.74) is 1.25. The molecule has 1 aromatic rings. The number of carboxylic acids is 1. The Morgan fingerprint density at radius 1 is 1.48 bits per heavy atom. The van der Waals surface area contributed by atoms with Crippen molar-refractivity contribution in [2.24, 2.45) is 11.3 Å². The molecule has 0 heterocycles. The highest BCUT2D eigenvalue weighted by Gasteiger charge is 2.36. The molecule has 1 aliphatic carbocycles. The van der Waals surface area contributed by atoms with Gasteiger partial charge < -0.3 is 10.0 Å². The van der Waals surface area contributed by atoms with Crippen molar-refractivity contribution < 1.29 is 9.90 Å². The van der Waals surface area contributed by atoms with Crippen molar-refractivity contribution in [1.29, 1.82) is 0 Å². The van der Waals surface area contributed by atoms with Crippen LogP contribution >= 0.6 is 11.6 Å². The van der Waals surface area contributed by atoms with Crippen LogP contribution in [0.3, 0.4) is 0 Å². The lowest BCUT2D eigenvalue weighted by Crippen LogP contribution is -2.47. The Bertz CT molecular complexity index is 515. The molecule has 0 aliphatic heterocycles. The van der Waals surface area contributed by atoms with Crippen molar-refractivity contribution in [3.8, 4) is 0 Å². The molecule has 1 N–H and O–H groups in total. The van der Waals surface area contributed by atoms with E-state index in [1.54, 1.807) is 0 Å². The number of anilines is 1. The van der Waals surface area contributed by atoms with Gasteiger partial charge >= 0.3 is 5.97 Å². The summed E-state index contributed by atoms with van der Waals surface area (Å²) in [5, 5.41) is 9.90. The minimum atomic E-state index is -0.799. The summed E-state index contributed by atoms with van der Waals surface area (Å²) in [7, 11) is 0. The highest BCUT2D eigenvalue weighted by Crippen LogP contribution is 2.41. The molecule has 2 rings (SSSR count). The van der Waals surface area contributed by atoms with Gasteiger partial charge in [-0.1, -0.05) is 38.4 Å². The Kier molecular flexibility index (Phi) is 4.82. The normalized spacial score (nSPS) is 24.6. The highest BCUT2D eigenvalue weighted by molar-refractivity contribution is 6.30. The Balaban J connectivity index is 2.26. The molecule has 2 unspecified atom stereocenters. The molecule has 1 aromatic carbocycles. The van der Waals surface area contributed by atoms with Gasteiger partial charge in [0, 0.05) is 16.8 Å². The average molecular weight is 310 g/mol. The number of rotatable bonds is 4. The molecule has 1 fully saturated rings. The van der Waals surface area contributed by atoms with Crippen molar-refractivity contribution in [3.05, 3.63) is 29.3 Å². The van der Waals surface area contributed by atoms with E-state index in [2.05, 4.69) is 20.8 Å². The number of hydrogen-bond donors (Lipinski definition) is 1. The maximum absolute atomic E-state index is 11.3. The molecule has 0 bridgehead atoms. The van der Waals surface area contributed by atoms with E-state index in [4.69, 9.17) is 11.6 Å². The maximum Gasteiger partial charge on any atom is 0.323 e. The lowest BCUT2D eigenvalue weighted by molar-refractivity contribution is -0.135. The van der Waals surface area contributed by atoms with Gasteiger partial charge in [0.05, 0.1) is 0 Å². The monoisotopic (exact) mass is 309 g/mol. The molecule has 0 saturated heterocycles. The van der Waals surface area contributed by atoms with E-state index in [1.165, 1.54) is 0 Å². The van der Waals surface area contributed by atoms with E-state index in [-0.39, 0.29) is 12.6 Å². The van der Waals surface area contributed by atoms with Gasteiger partial charge in [-0.2, -0.15) is 0 Å². The van der Waals surface area contributed by atoms with Gasteiger partial charge in [0.15, 0.2) is 0 Å². The quantitative estimate of drug-likeness (QED) is 0.893. The minimum Gasteiger partial charge on any atom is -0.480 e. The molecular formula is C17H24ClNO2. The van der Waals surface area contributed by atoms with Crippen LogP contribution in [-0.2, 0) is 4.79 Å². The van der Waals surface area contributed by atoms with Crippen LogP contribution in [0, 0.1) is 11.3 Å². The molecule has 0 radical (unpaired) electrons. The third-order valence-corrected chi connectivity index (χ3v) is 4.73. The van der Waals surface area contributed by atoms with Crippen LogP contribution in [0.4, 0.5) is 5.69 Å². The van der Waals surface area contributed by atoms with Crippen LogP contribution in [-0.4, -0.2) is 23.7 Å². The molecule has 116 valence electrons. The fraction of sp³-hybridized carbons (Fsp3) is 0.588. The average Bonchev–Trinajstić information content (AvgIpc) is 2.35. The lowest BCUT2D eigenvalue weighted by Gasteiger charge is -2.45. The summed E-state index contributed by atoms with van der Waals surface area (Å²) in [5.74, 6) is -0.334. The number of carbonyl (C=O) groups is 1. The number of halogens is 1. The van der Waals surface area contributed by atoms with E-state index in [0.29, 0.717) is 16.4 Å². The summed E-state index contributed by atoms with van der Waals surface area (Å²) in [6, 6.07) is 7.76. The van der Waals surface area contributed by atoms with E-state index < -0.39 is 5.97 Å². The molecule has 21 heavy (non-hydrogen) atoms. The number of hydrogen-bond acceptors (Lipinski definition) is 2. The van der Waals surface area contributed by atoms with Crippen LogP contribution in [0.2, 0.25) is 5.02 Å². The largest absolute Gasteiger partial charge is 0.480 e. The number of benzene rings is 1. The summed E-state index contributed by atoms with van der Waals surface area (Å²) in [4.78, 5) is 13.3. The molecule has 2 atom stereocenters. The predicted molar refractivity (Wildman–Crippen MR) is 87.0 cm³/mol.